The van der Waals surface area contributed by atoms with Gasteiger partial charge in [0.25, 0.3) is 5.91 Å². The zero-order valence-electron chi connectivity index (χ0n) is 14.7. The predicted molar refractivity (Wildman–Crippen MR) is 101 cm³/mol. The van der Waals surface area contributed by atoms with Crippen molar-refractivity contribution in [2.24, 2.45) is 0 Å². The highest BCUT2D eigenvalue weighted by molar-refractivity contribution is 6.30. The molecule has 5 nitrogen and oxygen atoms in total. The largest absolute Gasteiger partial charge is 0.485 e. The maximum Gasteiger partial charge on any atom is 0.267 e. The number of carbonyl (C=O) groups is 1. The van der Waals surface area contributed by atoms with Gasteiger partial charge >= 0.3 is 0 Å². The third-order valence-electron chi connectivity index (χ3n) is 4.89. The zero-order valence-corrected chi connectivity index (χ0v) is 15.4. The number of anilines is 1. The number of rotatable bonds is 2. The molecule has 2 heterocycles. The molecule has 2 aliphatic rings. The molecule has 0 aromatic heterocycles. The maximum atomic E-state index is 12.8. The zero-order chi connectivity index (χ0) is 18.1. The fourth-order valence-corrected chi connectivity index (χ4v) is 3.60. The molecule has 1 amide bonds. The van der Waals surface area contributed by atoms with E-state index in [-0.39, 0.29) is 12.5 Å². The summed E-state index contributed by atoms with van der Waals surface area (Å²) in [7, 11) is 0. The number of hydrogen-bond donors (Lipinski definition) is 0. The van der Waals surface area contributed by atoms with Crippen LogP contribution in [0, 0.1) is 6.92 Å². The highest BCUT2D eigenvalue weighted by atomic mass is 35.5. The summed E-state index contributed by atoms with van der Waals surface area (Å²) in [5.41, 5.74) is 2.32. The molecule has 0 unspecified atom stereocenters. The van der Waals surface area contributed by atoms with Gasteiger partial charge in [-0.05, 0) is 36.8 Å². The summed E-state index contributed by atoms with van der Waals surface area (Å²) < 4.78 is 11.5. The Morgan fingerprint density at radius 3 is 2.58 bits per heavy atom. The topological polar surface area (TPSA) is 42.0 Å². The van der Waals surface area contributed by atoms with Gasteiger partial charge in [0, 0.05) is 36.9 Å². The first kappa shape index (κ1) is 17.0. The van der Waals surface area contributed by atoms with Crippen molar-refractivity contribution < 1.29 is 14.3 Å². The number of aryl methyl sites for hydroxylation is 1. The molecule has 0 aliphatic carbocycles. The Balaban J connectivity index is 1.39. The van der Waals surface area contributed by atoms with Crippen LogP contribution in [0.4, 0.5) is 5.69 Å². The summed E-state index contributed by atoms with van der Waals surface area (Å²) in [6, 6.07) is 13.4. The SMILES string of the molecule is Cc1ccc(Cl)cc1N1CCN(C(=O)[C@@H]2COc3ccccc3O2)CC1. The molecular weight excluding hydrogens is 352 g/mol. The lowest BCUT2D eigenvalue weighted by molar-refractivity contribution is -0.141. The number of hydrogen-bond acceptors (Lipinski definition) is 4. The fourth-order valence-electron chi connectivity index (χ4n) is 3.44. The Bertz CT molecular complexity index is 818. The molecular formula is C20H21ClN2O3. The van der Waals surface area contributed by atoms with Crippen LogP contribution < -0.4 is 14.4 Å². The van der Waals surface area contributed by atoms with E-state index in [1.165, 1.54) is 5.56 Å². The first-order valence-corrected chi connectivity index (χ1v) is 9.18. The minimum atomic E-state index is -0.579. The summed E-state index contributed by atoms with van der Waals surface area (Å²) in [5, 5.41) is 0.732. The Hall–Kier alpha value is -2.40. The second-order valence-corrected chi connectivity index (χ2v) is 7.04. The number of carbonyl (C=O) groups excluding carboxylic acids is 1. The quantitative estimate of drug-likeness (QED) is 0.812. The van der Waals surface area contributed by atoms with Crippen LogP contribution in [0.15, 0.2) is 42.5 Å². The van der Waals surface area contributed by atoms with Crippen molar-refractivity contribution in [2.75, 3.05) is 37.7 Å². The molecule has 1 atom stereocenters. The molecule has 0 radical (unpaired) electrons. The maximum absolute atomic E-state index is 12.8. The van der Waals surface area contributed by atoms with Crippen molar-refractivity contribution in [1.29, 1.82) is 0 Å². The third-order valence-corrected chi connectivity index (χ3v) is 5.12. The minimum Gasteiger partial charge on any atom is -0.485 e. The van der Waals surface area contributed by atoms with Crippen molar-refractivity contribution in [2.45, 2.75) is 13.0 Å². The number of ether oxygens (including phenoxy) is 2. The molecule has 0 saturated carbocycles. The number of piperazine rings is 1. The van der Waals surface area contributed by atoms with Crippen LogP contribution in [0.2, 0.25) is 5.02 Å². The Morgan fingerprint density at radius 1 is 1.08 bits per heavy atom. The first-order valence-electron chi connectivity index (χ1n) is 8.80. The van der Waals surface area contributed by atoms with E-state index in [4.69, 9.17) is 21.1 Å². The van der Waals surface area contributed by atoms with E-state index < -0.39 is 6.10 Å². The van der Waals surface area contributed by atoms with E-state index >= 15 is 0 Å². The Kier molecular flexibility index (Phi) is 4.64. The van der Waals surface area contributed by atoms with Crippen molar-refractivity contribution in [3.63, 3.8) is 0 Å². The molecule has 4 rings (SSSR count). The van der Waals surface area contributed by atoms with Gasteiger partial charge in [-0.15, -0.1) is 0 Å². The van der Waals surface area contributed by atoms with Crippen LogP contribution in [-0.4, -0.2) is 49.7 Å². The summed E-state index contributed by atoms with van der Waals surface area (Å²) in [4.78, 5) is 16.9. The highest BCUT2D eigenvalue weighted by Crippen LogP contribution is 2.31. The van der Waals surface area contributed by atoms with Crippen molar-refractivity contribution in [3.05, 3.63) is 53.1 Å². The van der Waals surface area contributed by atoms with Crippen LogP contribution in [0.3, 0.4) is 0 Å². The van der Waals surface area contributed by atoms with Crippen LogP contribution >= 0.6 is 11.6 Å². The smallest absolute Gasteiger partial charge is 0.267 e. The van der Waals surface area contributed by atoms with Crippen molar-refractivity contribution in [1.82, 2.24) is 4.90 Å². The van der Waals surface area contributed by atoms with Crippen LogP contribution in [0.5, 0.6) is 11.5 Å². The Labute approximate surface area is 158 Å². The van der Waals surface area contributed by atoms with Gasteiger partial charge in [-0.25, -0.2) is 0 Å². The number of fused-ring (bicyclic) bond motifs is 1. The minimum absolute atomic E-state index is 0.0121. The van der Waals surface area contributed by atoms with E-state index in [1.807, 2.05) is 47.4 Å². The monoisotopic (exact) mass is 372 g/mol. The molecule has 26 heavy (non-hydrogen) atoms. The first-order chi connectivity index (χ1) is 12.6. The lowest BCUT2D eigenvalue weighted by atomic mass is 10.1. The second kappa shape index (κ2) is 7.08. The summed E-state index contributed by atoms with van der Waals surface area (Å²) >= 11 is 6.14. The van der Waals surface area contributed by atoms with E-state index in [0.717, 1.165) is 23.8 Å². The molecule has 0 N–H and O–H groups in total. The molecule has 2 aromatic carbocycles. The number of benzene rings is 2. The molecule has 2 aliphatic heterocycles. The van der Waals surface area contributed by atoms with Crippen molar-refractivity contribution in [3.8, 4) is 11.5 Å². The lowest BCUT2D eigenvalue weighted by Gasteiger charge is -2.38. The van der Waals surface area contributed by atoms with E-state index in [2.05, 4.69) is 11.8 Å². The van der Waals surface area contributed by atoms with Gasteiger partial charge in [0.1, 0.15) is 6.61 Å². The molecule has 1 fully saturated rings. The lowest BCUT2D eigenvalue weighted by Crippen LogP contribution is -2.54. The van der Waals surface area contributed by atoms with E-state index in [1.54, 1.807) is 0 Å². The standard InChI is InChI=1S/C20H21ClN2O3/c1-14-6-7-15(21)12-16(14)22-8-10-23(11-9-22)20(24)19-13-25-17-4-2-3-5-18(17)26-19/h2-7,12,19H,8-11,13H2,1H3/t19-/m0/s1. The highest BCUT2D eigenvalue weighted by Gasteiger charge is 2.32. The van der Waals surface area contributed by atoms with Gasteiger partial charge < -0.3 is 19.3 Å². The normalized spacial score (nSPS) is 19.4. The van der Waals surface area contributed by atoms with Gasteiger partial charge in [-0.2, -0.15) is 0 Å². The van der Waals surface area contributed by atoms with Crippen LogP contribution in [0.25, 0.3) is 0 Å². The van der Waals surface area contributed by atoms with E-state index in [0.29, 0.717) is 24.6 Å². The molecule has 1 saturated heterocycles. The van der Waals surface area contributed by atoms with Crippen LogP contribution in [-0.2, 0) is 4.79 Å². The number of nitrogens with zero attached hydrogens (tertiary/aromatic N) is 2. The van der Waals surface area contributed by atoms with Gasteiger partial charge in [0.2, 0.25) is 6.10 Å². The number of halogens is 1. The number of amides is 1. The number of para-hydroxylation sites is 2. The molecule has 2 aromatic rings. The average Bonchev–Trinajstić information content (AvgIpc) is 2.69. The average molecular weight is 373 g/mol. The summed E-state index contributed by atoms with van der Waals surface area (Å²) in [6.45, 7) is 5.20. The Morgan fingerprint density at radius 2 is 1.81 bits per heavy atom. The molecule has 0 bridgehead atoms. The third kappa shape index (κ3) is 3.31. The second-order valence-electron chi connectivity index (χ2n) is 6.61. The summed E-state index contributed by atoms with van der Waals surface area (Å²) in [5.74, 6) is 1.31. The van der Waals surface area contributed by atoms with Gasteiger partial charge in [-0.1, -0.05) is 29.8 Å². The van der Waals surface area contributed by atoms with Crippen molar-refractivity contribution >= 4 is 23.2 Å². The van der Waals surface area contributed by atoms with Gasteiger partial charge in [0.15, 0.2) is 11.5 Å². The summed E-state index contributed by atoms with van der Waals surface area (Å²) in [6.07, 6.45) is -0.579. The molecule has 6 heteroatoms. The molecule has 136 valence electrons. The predicted octanol–water partition coefficient (Wildman–Crippen LogP) is 3.14. The van der Waals surface area contributed by atoms with Gasteiger partial charge in [0.05, 0.1) is 0 Å². The van der Waals surface area contributed by atoms with E-state index in [9.17, 15) is 4.79 Å². The fraction of sp³-hybridized carbons (Fsp3) is 0.350. The molecule has 0 spiro atoms. The van der Waals surface area contributed by atoms with Crippen LogP contribution in [0.1, 0.15) is 5.56 Å². The van der Waals surface area contributed by atoms with Gasteiger partial charge in [-0.3, -0.25) is 4.79 Å².